The zero-order valence-corrected chi connectivity index (χ0v) is 10.8. The normalized spacial score (nSPS) is 41.5. The molecule has 0 amide bonds. The van der Waals surface area contributed by atoms with Gasteiger partial charge in [0.1, 0.15) is 6.10 Å². The maximum atomic E-state index is 11.4. The Morgan fingerprint density at radius 1 is 1.44 bits per heavy atom. The number of hydrogen-bond donors (Lipinski definition) is 0. The number of carbonyl (C=O) groups is 1. The second-order valence-electron chi connectivity index (χ2n) is 5.48. The molecule has 0 aromatic rings. The molecule has 0 N–H and O–H groups in total. The number of fused-ring (bicyclic) bond motifs is 1. The van der Waals surface area contributed by atoms with Crippen LogP contribution in [-0.2, 0) is 23.7 Å². The number of hydrogen-bond acceptors (Lipinski definition) is 5. The molecule has 2 fully saturated rings. The average Bonchev–Trinajstić information content (AvgIpc) is 2.91. The molecule has 2 heterocycles. The SMILES string of the molecule is COC1=C[C@H]([C@@H]2COC(C)(C)O2)[C@@H]2OC(=O)C[C@H]12. The lowest BCUT2D eigenvalue weighted by Crippen LogP contribution is -2.33. The summed E-state index contributed by atoms with van der Waals surface area (Å²) in [6.45, 7) is 4.30. The van der Waals surface area contributed by atoms with Gasteiger partial charge < -0.3 is 18.9 Å². The minimum absolute atomic E-state index is 0.0261. The van der Waals surface area contributed by atoms with Crippen LogP contribution in [0.25, 0.3) is 0 Å². The van der Waals surface area contributed by atoms with E-state index in [-0.39, 0.29) is 30.0 Å². The highest BCUT2D eigenvalue weighted by Gasteiger charge is 2.52. The van der Waals surface area contributed by atoms with Gasteiger partial charge in [0, 0.05) is 5.92 Å². The summed E-state index contributed by atoms with van der Waals surface area (Å²) in [5, 5.41) is 0. The van der Waals surface area contributed by atoms with Gasteiger partial charge in [0.05, 0.1) is 37.9 Å². The van der Waals surface area contributed by atoms with E-state index in [1.165, 1.54) is 0 Å². The molecule has 2 saturated heterocycles. The molecule has 1 aliphatic carbocycles. The number of methoxy groups -OCH3 is 1. The van der Waals surface area contributed by atoms with Crippen molar-refractivity contribution in [2.75, 3.05) is 13.7 Å². The van der Waals surface area contributed by atoms with Crippen LogP contribution in [0.5, 0.6) is 0 Å². The van der Waals surface area contributed by atoms with E-state index in [9.17, 15) is 4.79 Å². The highest BCUT2D eigenvalue weighted by molar-refractivity contribution is 5.73. The lowest BCUT2D eigenvalue weighted by molar-refractivity contribution is -0.153. The quantitative estimate of drug-likeness (QED) is 0.694. The van der Waals surface area contributed by atoms with Gasteiger partial charge in [0.15, 0.2) is 5.79 Å². The van der Waals surface area contributed by atoms with Crippen LogP contribution >= 0.6 is 0 Å². The summed E-state index contributed by atoms with van der Waals surface area (Å²) in [4.78, 5) is 11.4. The molecule has 0 bridgehead atoms. The van der Waals surface area contributed by atoms with E-state index < -0.39 is 5.79 Å². The predicted molar refractivity (Wildman–Crippen MR) is 61.5 cm³/mol. The van der Waals surface area contributed by atoms with Crippen LogP contribution in [0.1, 0.15) is 20.3 Å². The Morgan fingerprint density at radius 3 is 2.83 bits per heavy atom. The molecule has 5 nitrogen and oxygen atoms in total. The van der Waals surface area contributed by atoms with E-state index in [1.54, 1.807) is 7.11 Å². The van der Waals surface area contributed by atoms with Crippen LogP contribution in [0.2, 0.25) is 0 Å². The van der Waals surface area contributed by atoms with Crippen molar-refractivity contribution >= 4 is 5.97 Å². The van der Waals surface area contributed by atoms with Crippen LogP contribution < -0.4 is 0 Å². The fourth-order valence-corrected chi connectivity index (χ4v) is 3.04. The summed E-state index contributed by atoms with van der Waals surface area (Å²) in [5.41, 5.74) is 0. The highest BCUT2D eigenvalue weighted by atomic mass is 16.7. The van der Waals surface area contributed by atoms with E-state index in [0.29, 0.717) is 13.0 Å². The lowest BCUT2D eigenvalue weighted by atomic mass is 9.94. The van der Waals surface area contributed by atoms with Gasteiger partial charge >= 0.3 is 5.97 Å². The molecule has 18 heavy (non-hydrogen) atoms. The number of ether oxygens (including phenoxy) is 4. The summed E-state index contributed by atoms with van der Waals surface area (Å²) >= 11 is 0. The van der Waals surface area contributed by atoms with Crippen molar-refractivity contribution in [3.05, 3.63) is 11.8 Å². The summed E-state index contributed by atoms with van der Waals surface area (Å²) in [5.74, 6) is 0.185. The van der Waals surface area contributed by atoms with E-state index in [4.69, 9.17) is 18.9 Å². The first-order chi connectivity index (χ1) is 8.50. The third-order valence-electron chi connectivity index (χ3n) is 3.85. The average molecular weight is 254 g/mol. The first-order valence-electron chi connectivity index (χ1n) is 6.27. The summed E-state index contributed by atoms with van der Waals surface area (Å²) in [6.07, 6.45) is 2.19. The molecule has 0 spiro atoms. The fraction of sp³-hybridized carbons (Fsp3) is 0.769. The second kappa shape index (κ2) is 3.96. The summed E-state index contributed by atoms with van der Waals surface area (Å²) in [6, 6.07) is 0. The van der Waals surface area contributed by atoms with Crippen molar-refractivity contribution in [1.82, 2.24) is 0 Å². The second-order valence-corrected chi connectivity index (χ2v) is 5.48. The molecule has 0 saturated carbocycles. The molecule has 0 aromatic heterocycles. The number of carbonyl (C=O) groups excluding carboxylic acids is 1. The Balaban J connectivity index is 1.80. The fourth-order valence-electron chi connectivity index (χ4n) is 3.04. The van der Waals surface area contributed by atoms with Crippen LogP contribution in [0.4, 0.5) is 0 Å². The third-order valence-corrected chi connectivity index (χ3v) is 3.85. The van der Waals surface area contributed by atoms with Crippen molar-refractivity contribution in [2.45, 2.75) is 38.3 Å². The van der Waals surface area contributed by atoms with Crippen molar-refractivity contribution in [2.24, 2.45) is 11.8 Å². The molecule has 5 heteroatoms. The van der Waals surface area contributed by atoms with Gasteiger partial charge in [-0.15, -0.1) is 0 Å². The third kappa shape index (κ3) is 1.82. The Hall–Kier alpha value is -1.07. The zero-order valence-electron chi connectivity index (χ0n) is 10.8. The van der Waals surface area contributed by atoms with Crippen molar-refractivity contribution < 1.29 is 23.7 Å². The summed E-state index contributed by atoms with van der Waals surface area (Å²) in [7, 11) is 1.63. The van der Waals surface area contributed by atoms with Crippen LogP contribution in [0.15, 0.2) is 11.8 Å². The smallest absolute Gasteiger partial charge is 0.306 e. The maximum absolute atomic E-state index is 11.4. The van der Waals surface area contributed by atoms with Crippen LogP contribution in [-0.4, -0.2) is 37.7 Å². The maximum Gasteiger partial charge on any atom is 0.306 e. The predicted octanol–water partition coefficient (Wildman–Crippen LogP) is 1.23. The van der Waals surface area contributed by atoms with Gasteiger partial charge in [-0.3, -0.25) is 4.79 Å². The van der Waals surface area contributed by atoms with E-state index in [2.05, 4.69) is 0 Å². The van der Waals surface area contributed by atoms with Gasteiger partial charge in [0.2, 0.25) is 0 Å². The monoisotopic (exact) mass is 254 g/mol. The molecule has 4 atom stereocenters. The molecule has 3 aliphatic rings. The van der Waals surface area contributed by atoms with Crippen molar-refractivity contribution in [3.8, 4) is 0 Å². The van der Waals surface area contributed by atoms with Crippen molar-refractivity contribution in [3.63, 3.8) is 0 Å². The summed E-state index contributed by atoms with van der Waals surface area (Å²) < 4.78 is 22.2. The topological polar surface area (TPSA) is 54.0 Å². The van der Waals surface area contributed by atoms with Crippen LogP contribution in [0, 0.1) is 11.8 Å². The Morgan fingerprint density at radius 2 is 2.22 bits per heavy atom. The first-order valence-corrected chi connectivity index (χ1v) is 6.27. The standard InChI is InChI=1S/C13H18O5/c1-13(2)16-6-10(18-13)7-4-9(15-3)8-5-11(14)17-12(7)8/h4,7-8,10,12H,5-6H2,1-3H3/t7-,8-,10+,12+/m1/s1. The van der Waals surface area contributed by atoms with Gasteiger partial charge in [0.25, 0.3) is 0 Å². The molecule has 2 aliphatic heterocycles. The van der Waals surface area contributed by atoms with Gasteiger partial charge in [-0.25, -0.2) is 0 Å². The molecule has 0 aromatic carbocycles. The molecule has 0 radical (unpaired) electrons. The Kier molecular flexibility index (Phi) is 2.64. The molecule has 0 unspecified atom stereocenters. The number of esters is 1. The molecular weight excluding hydrogens is 236 g/mol. The van der Waals surface area contributed by atoms with E-state index >= 15 is 0 Å². The lowest BCUT2D eigenvalue weighted by Gasteiger charge is -2.23. The van der Waals surface area contributed by atoms with E-state index in [0.717, 1.165) is 5.76 Å². The van der Waals surface area contributed by atoms with Gasteiger partial charge in [-0.1, -0.05) is 0 Å². The molecule has 100 valence electrons. The highest BCUT2D eigenvalue weighted by Crippen LogP contribution is 2.44. The molecular formula is C13H18O5. The minimum atomic E-state index is -0.563. The van der Waals surface area contributed by atoms with Crippen molar-refractivity contribution in [1.29, 1.82) is 0 Å². The Bertz CT molecular complexity index is 400. The van der Waals surface area contributed by atoms with Gasteiger partial charge in [-0.05, 0) is 19.9 Å². The van der Waals surface area contributed by atoms with E-state index in [1.807, 2.05) is 19.9 Å². The largest absolute Gasteiger partial charge is 0.501 e. The first kappa shape index (κ1) is 12.0. The zero-order chi connectivity index (χ0) is 12.9. The molecule has 3 rings (SSSR count). The number of rotatable bonds is 2. The minimum Gasteiger partial charge on any atom is -0.501 e. The van der Waals surface area contributed by atoms with Gasteiger partial charge in [-0.2, -0.15) is 0 Å². The van der Waals surface area contributed by atoms with Crippen LogP contribution in [0.3, 0.4) is 0 Å². The Labute approximate surface area is 106 Å².